The molecule has 5 aromatic heterocycles. The first kappa shape index (κ1) is 18.3. The number of aromatic nitrogens is 6. The average molecular weight is 412 g/mol. The van der Waals surface area contributed by atoms with Crippen LogP contribution in [-0.4, -0.2) is 35.4 Å². The van der Waals surface area contributed by atoms with Gasteiger partial charge in [0, 0.05) is 48.5 Å². The van der Waals surface area contributed by atoms with E-state index in [4.69, 9.17) is 4.98 Å². The number of rotatable bonds is 7. The van der Waals surface area contributed by atoms with Crippen molar-refractivity contribution in [3.8, 4) is 11.3 Å². The van der Waals surface area contributed by atoms with Crippen molar-refractivity contribution in [2.24, 2.45) is 5.92 Å². The first-order valence-electron chi connectivity index (χ1n) is 10.9. The lowest BCUT2D eigenvalue weighted by Crippen LogP contribution is -2.26. The van der Waals surface area contributed by atoms with Crippen molar-refractivity contribution in [3.05, 3.63) is 72.8 Å². The molecule has 0 amide bonds. The summed E-state index contributed by atoms with van der Waals surface area (Å²) in [7, 11) is 0. The molecule has 2 N–H and O–H groups in total. The molecular formula is C24H25N7. The van der Waals surface area contributed by atoms with Crippen LogP contribution in [-0.2, 0) is 13.1 Å². The third-order valence-electron chi connectivity index (χ3n) is 6.22. The van der Waals surface area contributed by atoms with Gasteiger partial charge >= 0.3 is 0 Å². The maximum atomic E-state index is 4.77. The highest BCUT2D eigenvalue weighted by Crippen LogP contribution is 2.25. The SMILES string of the molecule is c1cc2cc(-c3cn(Cc4cn5cc(CNCC6CCC6)ccc5n4)cn3)cnc2[nH]1. The second-order valence-electron chi connectivity index (χ2n) is 8.53. The van der Waals surface area contributed by atoms with Crippen LogP contribution in [0.2, 0.25) is 0 Å². The van der Waals surface area contributed by atoms with E-state index in [1.165, 1.54) is 24.8 Å². The zero-order chi connectivity index (χ0) is 20.6. The van der Waals surface area contributed by atoms with Crippen LogP contribution < -0.4 is 5.32 Å². The van der Waals surface area contributed by atoms with Crippen LogP contribution in [0.15, 0.2) is 61.6 Å². The summed E-state index contributed by atoms with van der Waals surface area (Å²) in [5.41, 5.74) is 6.10. The van der Waals surface area contributed by atoms with Crippen molar-refractivity contribution in [2.75, 3.05) is 6.54 Å². The van der Waals surface area contributed by atoms with E-state index < -0.39 is 0 Å². The van der Waals surface area contributed by atoms with Crippen molar-refractivity contribution in [1.29, 1.82) is 0 Å². The van der Waals surface area contributed by atoms with E-state index in [1.807, 2.05) is 24.8 Å². The maximum absolute atomic E-state index is 4.77. The molecule has 0 saturated heterocycles. The van der Waals surface area contributed by atoms with Gasteiger partial charge in [-0.1, -0.05) is 12.5 Å². The summed E-state index contributed by atoms with van der Waals surface area (Å²) in [5.74, 6) is 0.879. The molecule has 31 heavy (non-hydrogen) atoms. The molecule has 0 aliphatic heterocycles. The summed E-state index contributed by atoms with van der Waals surface area (Å²) in [6.45, 7) is 2.72. The molecule has 1 aliphatic carbocycles. The van der Waals surface area contributed by atoms with Gasteiger partial charge in [0.15, 0.2) is 0 Å². The minimum atomic E-state index is 0.684. The minimum absolute atomic E-state index is 0.684. The summed E-state index contributed by atoms with van der Waals surface area (Å²) in [6, 6.07) is 8.40. The quantitative estimate of drug-likeness (QED) is 0.424. The lowest BCUT2D eigenvalue weighted by Gasteiger charge is -2.25. The van der Waals surface area contributed by atoms with Crippen LogP contribution in [0.5, 0.6) is 0 Å². The summed E-state index contributed by atoms with van der Waals surface area (Å²) >= 11 is 0. The van der Waals surface area contributed by atoms with Crippen LogP contribution in [0.4, 0.5) is 0 Å². The van der Waals surface area contributed by atoms with Gasteiger partial charge in [0.05, 0.1) is 24.3 Å². The smallest absolute Gasteiger partial charge is 0.137 e. The van der Waals surface area contributed by atoms with Crippen LogP contribution >= 0.6 is 0 Å². The largest absolute Gasteiger partial charge is 0.346 e. The Morgan fingerprint density at radius 3 is 2.97 bits per heavy atom. The van der Waals surface area contributed by atoms with Crippen molar-refractivity contribution in [2.45, 2.75) is 32.4 Å². The predicted molar refractivity (Wildman–Crippen MR) is 121 cm³/mol. The zero-order valence-electron chi connectivity index (χ0n) is 17.3. The van der Waals surface area contributed by atoms with E-state index in [0.29, 0.717) is 6.54 Å². The molecule has 6 rings (SSSR count). The van der Waals surface area contributed by atoms with Gasteiger partial charge in [0.25, 0.3) is 0 Å². The Bertz CT molecular complexity index is 1340. The van der Waals surface area contributed by atoms with Gasteiger partial charge in [0.1, 0.15) is 11.3 Å². The van der Waals surface area contributed by atoms with Gasteiger partial charge in [0.2, 0.25) is 0 Å². The van der Waals surface area contributed by atoms with Crippen molar-refractivity contribution >= 4 is 16.7 Å². The fraction of sp³-hybridized carbons (Fsp3) is 0.292. The second-order valence-corrected chi connectivity index (χ2v) is 8.53. The molecule has 0 atom stereocenters. The van der Waals surface area contributed by atoms with E-state index >= 15 is 0 Å². The first-order chi connectivity index (χ1) is 15.3. The lowest BCUT2D eigenvalue weighted by molar-refractivity contribution is 0.301. The van der Waals surface area contributed by atoms with E-state index in [0.717, 1.165) is 52.6 Å². The van der Waals surface area contributed by atoms with Gasteiger partial charge in [-0.2, -0.15) is 0 Å². The Labute approximate surface area is 180 Å². The molecule has 0 bridgehead atoms. The number of H-pyrrole nitrogens is 1. The van der Waals surface area contributed by atoms with Gasteiger partial charge in [-0.25, -0.2) is 15.0 Å². The molecule has 5 heterocycles. The molecule has 1 saturated carbocycles. The van der Waals surface area contributed by atoms with Crippen molar-refractivity contribution < 1.29 is 0 Å². The monoisotopic (exact) mass is 411 g/mol. The maximum Gasteiger partial charge on any atom is 0.137 e. The van der Waals surface area contributed by atoms with Crippen LogP contribution in [0.1, 0.15) is 30.5 Å². The fourth-order valence-corrected chi connectivity index (χ4v) is 4.25. The number of imidazole rings is 2. The Balaban J connectivity index is 1.16. The standard InChI is InChI=1S/C24H25N7/c1-2-17(3-1)9-25-10-18-4-5-23-29-21(14-31(23)12-18)13-30-15-22(28-16-30)20-8-19-6-7-26-24(19)27-11-20/h4-8,11-12,14-17,25H,1-3,9-10,13H2,(H,26,27). The van der Waals surface area contributed by atoms with Gasteiger partial charge < -0.3 is 19.3 Å². The zero-order valence-corrected chi connectivity index (χ0v) is 17.3. The number of hydrogen-bond acceptors (Lipinski definition) is 4. The molecule has 1 aliphatic rings. The Hall–Kier alpha value is -3.45. The van der Waals surface area contributed by atoms with E-state index in [9.17, 15) is 0 Å². The highest BCUT2D eigenvalue weighted by Gasteiger charge is 2.16. The minimum Gasteiger partial charge on any atom is -0.346 e. The van der Waals surface area contributed by atoms with E-state index in [2.05, 4.69) is 66.0 Å². The molecule has 0 radical (unpaired) electrons. The summed E-state index contributed by atoms with van der Waals surface area (Å²) in [4.78, 5) is 16.9. The molecule has 7 nitrogen and oxygen atoms in total. The first-order valence-corrected chi connectivity index (χ1v) is 10.9. The third kappa shape index (κ3) is 3.72. The van der Waals surface area contributed by atoms with Gasteiger partial charge in [-0.3, -0.25) is 0 Å². The van der Waals surface area contributed by atoms with Crippen LogP contribution in [0.25, 0.3) is 27.9 Å². The van der Waals surface area contributed by atoms with Gasteiger partial charge in [-0.15, -0.1) is 0 Å². The second kappa shape index (κ2) is 7.67. The molecule has 0 spiro atoms. The number of nitrogens with one attached hydrogen (secondary N) is 2. The van der Waals surface area contributed by atoms with E-state index in [-0.39, 0.29) is 0 Å². The average Bonchev–Trinajstić information content (AvgIpc) is 3.48. The van der Waals surface area contributed by atoms with Crippen LogP contribution in [0, 0.1) is 5.92 Å². The normalized spacial score (nSPS) is 14.5. The topological polar surface area (TPSA) is 75.8 Å². The van der Waals surface area contributed by atoms with Crippen molar-refractivity contribution in [1.82, 2.24) is 34.2 Å². The predicted octanol–water partition coefficient (Wildman–Crippen LogP) is 4.01. The fourth-order valence-electron chi connectivity index (χ4n) is 4.25. The number of hydrogen-bond donors (Lipinski definition) is 2. The lowest BCUT2D eigenvalue weighted by atomic mass is 9.85. The van der Waals surface area contributed by atoms with E-state index in [1.54, 1.807) is 0 Å². The number of fused-ring (bicyclic) bond motifs is 2. The summed E-state index contributed by atoms with van der Waals surface area (Å²) < 4.78 is 4.19. The molecule has 5 aromatic rings. The molecule has 0 unspecified atom stereocenters. The highest BCUT2D eigenvalue weighted by atomic mass is 15.1. The molecule has 0 aromatic carbocycles. The van der Waals surface area contributed by atoms with Crippen LogP contribution in [0.3, 0.4) is 0 Å². The molecule has 1 fully saturated rings. The summed E-state index contributed by atoms with van der Waals surface area (Å²) in [5, 5.41) is 4.68. The molecule has 156 valence electrons. The molecule has 7 heteroatoms. The Morgan fingerprint density at radius 1 is 1.10 bits per heavy atom. The number of aromatic amines is 1. The van der Waals surface area contributed by atoms with Crippen molar-refractivity contribution in [3.63, 3.8) is 0 Å². The number of pyridine rings is 2. The molecular weight excluding hydrogens is 386 g/mol. The summed E-state index contributed by atoms with van der Waals surface area (Å²) in [6.07, 6.45) is 16.1. The number of nitrogens with zero attached hydrogens (tertiary/aromatic N) is 5. The Kier molecular flexibility index (Phi) is 4.53. The Morgan fingerprint density at radius 2 is 2.06 bits per heavy atom. The highest BCUT2D eigenvalue weighted by molar-refractivity contribution is 5.80. The van der Waals surface area contributed by atoms with Gasteiger partial charge in [-0.05, 0) is 49.1 Å². The third-order valence-corrected chi connectivity index (χ3v) is 6.22.